The summed E-state index contributed by atoms with van der Waals surface area (Å²) >= 11 is 0. The number of likely N-dealkylation sites (tertiary alicyclic amines) is 2. The van der Waals surface area contributed by atoms with Gasteiger partial charge in [-0.05, 0) is 43.2 Å². The molecular formula is C20H30N4O2. The van der Waals surface area contributed by atoms with Gasteiger partial charge in [0.1, 0.15) is 5.82 Å². The molecule has 0 saturated carbocycles. The van der Waals surface area contributed by atoms with E-state index in [4.69, 9.17) is 0 Å². The molecule has 3 rings (SSSR count). The van der Waals surface area contributed by atoms with E-state index in [-0.39, 0.29) is 5.91 Å². The van der Waals surface area contributed by atoms with Gasteiger partial charge in [0.25, 0.3) is 5.91 Å². The Morgan fingerprint density at radius 1 is 1.27 bits per heavy atom. The van der Waals surface area contributed by atoms with Crippen molar-refractivity contribution < 1.29 is 9.59 Å². The Kier molecular flexibility index (Phi) is 6.12. The molecule has 6 heteroatoms. The van der Waals surface area contributed by atoms with Gasteiger partial charge in [0.2, 0.25) is 5.91 Å². The Bertz CT molecular complexity index is 621. The predicted molar refractivity (Wildman–Crippen MR) is 102 cm³/mol. The highest BCUT2D eigenvalue weighted by atomic mass is 16.2. The van der Waals surface area contributed by atoms with E-state index in [9.17, 15) is 9.59 Å². The Hall–Kier alpha value is -2.11. The van der Waals surface area contributed by atoms with E-state index in [1.54, 1.807) is 6.20 Å². The highest BCUT2D eigenvalue weighted by molar-refractivity contribution is 5.94. The second-order valence-electron chi connectivity index (χ2n) is 7.89. The zero-order chi connectivity index (χ0) is 18.5. The average molecular weight is 358 g/mol. The minimum absolute atomic E-state index is 0.0589. The molecule has 142 valence electrons. The van der Waals surface area contributed by atoms with Crippen molar-refractivity contribution in [3.8, 4) is 0 Å². The molecule has 2 saturated heterocycles. The number of rotatable bonds is 6. The topological polar surface area (TPSA) is 65.5 Å². The number of aromatic nitrogens is 1. The quantitative estimate of drug-likeness (QED) is 0.849. The summed E-state index contributed by atoms with van der Waals surface area (Å²) in [5, 5.41) is 3.27. The van der Waals surface area contributed by atoms with Crippen molar-refractivity contribution in [3.05, 3.63) is 23.9 Å². The van der Waals surface area contributed by atoms with Gasteiger partial charge in [-0.1, -0.05) is 13.8 Å². The minimum Gasteiger partial charge on any atom is -0.370 e. The number of hydrogen-bond acceptors (Lipinski definition) is 4. The van der Waals surface area contributed by atoms with Crippen molar-refractivity contribution in [3.63, 3.8) is 0 Å². The standard InChI is InChI=1S/C20H30N4O2/c1-15(2)12-21-18-6-5-17(13-22-18)20(26)23-10-7-16(8-11-23)14-24-9-3-4-19(24)25/h5-6,13,15-16H,3-4,7-12,14H2,1-2H3,(H,21,22). The highest BCUT2D eigenvalue weighted by Gasteiger charge is 2.28. The number of nitrogens with one attached hydrogen (secondary N) is 1. The molecule has 2 aliphatic rings. The zero-order valence-corrected chi connectivity index (χ0v) is 15.9. The Morgan fingerprint density at radius 2 is 2.04 bits per heavy atom. The van der Waals surface area contributed by atoms with Crippen molar-refractivity contribution in [2.45, 2.75) is 39.5 Å². The van der Waals surface area contributed by atoms with Crippen LogP contribution in [0, 0.1) is 11.8 Å². The molecule has 0 atom stereocenters. The van der Waals surface area contributed by atoms with Gasteiger partial charge in [-0.15, -0.1) is 0 Å². The van der Waals surface area contributed by atoms with Gasteiger partial charge in [0, 0.05) is 45.3 Å². The van der Waals surface area contributed by atoms with Crippen LogP contribution in [0.3, 0.4) is 0 Å². The number of pyridine rings is 1. The number of carbonyl (C=O) groups excluding carboxylic acids is 2. The van der Waals surface area contributed by atoms with Gasteiger partial charge < -0.3 is 15.1 Å². The van der Waals surface area contributed by atoms with E-state index < -0.39 is 0 Å². The molecule has 0 radical (unpaired) electrons. The maximum absolute atomic E-state index is 12.7. The minimum atomic E-state index is 0.0589. The Balaban J connectivity index is 1.47. The Morgan fingerprint density at radius 3 is 2.62 bits per heavy atom. The fourth-order valence-corrected chi connectivity index (χ4v) is 3.64. The van der Waals surface area contributed by atoms with E-state index in [2.05, 4.69) is 24.1 Å². The molecule has 0 spiro atoms. The van der Waals surface area contributed by atoms with Gasteiger partial charge in [0.05, 0.1) is 5.56 Å². The molecule has 2 amide bonds. The summed E-state index contributed by atoms with van der Waals surface area (Å²) in [5.41, 5.74) is 0.647. The third-order valence-electron chi connectivity index (χ3n) is 5.25. The normalized spacial score (nSPS) is 18.7. The number of carbonyl (C=O) groups is 2. The molecule has 0 unspecified atom stereocenters. The monoisotopic (exact) mass is 358 g/mol. The fourth-order valence-electron chi connectivity index (χ4n) is 3.64. The van der Waals surface area contributed by atoms with Crippen LogP contribution in [0.25, 0.3) is 0 Å². The van der Waals surface area contributed by atoms with Crippen LogP contribution in [-0.4, -0.2) is 59.3 Å². The number of nitrogens with zero attached hydrogens (tertiary/aromatic N) is 3. The van der Waals surface area contributed by atoms with Gasteiger partial charge in [-0.2, -0.15) is 0 Å². The lowest BCUT2D eigenvalue weighted by molar-refractivity contribution is -0.128. The van der Waals surface area contributed by atoms with Crippen LogP contribution in [0.5, 0.6) is 0 Å². The number of piperidine rings is 1. The molecule has 0 aliphatic carbocycles. The van der Waals surface area contributed by atoms with Crippen LogP contribution in [-0.2, 0) is 4.79 Å². The summed E-state index contributed by atoms with van der Waals surface area (Å²) in [6, 6.07) is 3.73. The van der Waals surface area contributed by atoms with Crippen LogP contribution < -0.4 is 5.32 Å². The summed E-state index contributed by atoms with van der Waals surface area (Å²) < 4.78 is 0. The smallest absolute Gasteiger partial charge is 0.255 e. The third-order valence-corrected chi connectivity index (χ3v) is 5.25. The van der Waals surface area contributed by atoms with E-state index in [1.165, 1.54) is 0 Å². The van der Waals surface area contributed by atoms with Gasteiger partial charge >= 0.3 is 0 Å². The van der Waals surface area contributed by atoms with Crippen LogP contribution in [0.2, 0.25) is 0 Å². The highest BCUT2D eigenvalue weighted by Crippen LogP contribution is 2.22. The maximum Gasteiger partial charge on any atom is 0.255 e. The lowest BCUT2D eigenvalue weighted by atomic mass is 9.96. The Labute approximate surface area is 156 Å². The molecule has 6 nitrogen and oxygen atoms in total. The van der Waals surface area contributed by atoms with E-state index >= 15 is 0 Å². The summed E-state index contributed by atoms with van der Waals surface area (Å²) in [5.74, 6) is 2.23. The molecule has 1 aromatic heterocycles. The summed E-state index contributed by atoms with van der Waals surface area (Å²) in [6.45, 7) is 8.45. The first-order valence-electron chi connectivity index (χ1n) is 9.80. The van der Waals surface area contributed by atoms with Crippen molar-refractivity contribution in [2.24, 2.45) is 11.8 Å². The van der Waals surface area contributed by atoms with E-state index in [0.29, 0.717) is 29.7 Å². The number of anilines is 1. The molecule has 1 aromatic rings. The first-order chi connectivity index (χ1) is 12.5. The molecule has 26 heavy (non-hydrogen) atoms. The number of hydrogen-bond donors (Lipinski definition) is 1. The first-order valence-corrected chi connectivity index (χ1v) is 9.80. The second kappa shape index (κ2) is 8.52. The maximum atomic E-state index is 12.7. The van der Waals surface area contributed by atoms with Gasteiger partial charge in [-0.25, -0.2) is 4.98 Å². The van der Waals surface area contributed by atoms with Crippen LogP contribution >= 0.6 is 0 Å². The first kappa shape index (κ1) is 18.7. The van der Waals surface area contributed by atoms with Crippen LogP contribution in [0.1, 0.15) is 49.9 Å². The largest absolute Gasteiger partial charge is 0.370 e. The van der Waals surface area contributed by atoms with Crippen molar-refractivity contribution in [1.29, 1.82) is 0 Å². The lowest BCUT2D eigenvalue weighted by Crippen LogP contribution is -2.41. The van der Waals surface area contributed by atoms with Crippen LogP contribution in [0.4, 0.5) is 5.82 Å². The van der Waals surface area contributed by atoms with Crippen molar-refractivity contribution >= 4 is 17.6 Å². The third kappa shape index (κ3) is 4.74. The second-order valence-corrected chi connectivity index (χ2v) is 7.89. The molecule has 2 fully saturated rings. The molecule has 0 aromatic carbocycles. The molecule has 0 bridgehead atoms. The SMILES string of the molecule is CC(C)CNc1ccc(C(=O)N2CCC(CN3CCCC3=O)CC2)cn1. The van der Waals surface area contributed by atoms with Gasteiger partial charge in [-0.3, -0.25) is 9.59 Å². The van der Waals surface area contributed by atoms with Gasteiger partial charge in [0.15, 0.2) is 0 Å². The summed E-state index contributed by atoms with van der Waals surface area (Å²) in [6.07, 6.45) is 5.30. The number of amides is 2. The van der Waals surface area contributed by atoms with Crippen molar-refractivity contribution in [2.75, 3.05) is 38.0 Å². The predicted octanol–water partition coefficient (Wildman–Crippen LogP) is 2.62. The van der Waals surface area contributed by atoms with E-state index in [1.807, 2.05) is 21.9 Å². The lowest BCUT2D eigenvalue weighted by Gasteiger charge is -2.34. The molecule has 2 aliphatic heterocycles. The molecule has 3 heterocycles. The summed E-state index contributed by atoms with van der Waals surface area (Å²) in [7, 11) is 0. The van der Waals surface area contributed by atoms with E-state index in [0.717, 1.165) is 57.8 Å². The van der Waals surface area contributed by atoms with Crippen molar-refractivity contribution in [1.82, 2.24) is 14.8 Å². The molecule has 1 N–H and O–H groups in total. The fraction of sp³-hybridized carbons (Fsp3) is 0.650. The average Bonchev–Trinajstić information content (AvgIpc) is 3.05. The van der Waals surface area contributed by atoms with Crippen LogP contribution in [0.15, 0.2) is 18.3 Å². The molecular weight excluding hydrogens is 328 g/mol. The summed E-state index contributed by atoms with van der Waals surface area (Å²) in [4.78, 5) is 32.7. The zero-order valence-electron chi connectivity index (χ0n) is 15.9.